The summed E-state index contributed by atoms with van der Waals surface area (Å²) in [4.78, 5) is 8.51. The Labute approximate surface area is 135 Å². The van der Waals surface area contributed by atoms with Crippen molar-refractivity contribution in [2.24, 2.45) is 0 Å². The fraction of sp³-hybridized carbons (Fsp3) is 0.222. The minimum absolute atomic E-state index is 0.0659. The van der Waals surface area contributed by atoms with Crippen LogP contribution in [0.15, 0.2) is 42.7 Å². The van der Waals surface area contributed by atoms with Crippen LogP contribution in [-0.4, -0.2) is 22.2 Å². The molecule has 2 aromatic carbocycles. The summed E-state index contributed by atoms with van der Waals surface area (Å²) >= 11 is 0. The van der Waals surface area contributed by atoms with Gasteiger partial charge in [0.1, 0.15) is 12.1 Å². The van der Waals surface area contributed by atoms with E-state index in [1.165, 1.54) is 19.0 Å². The van der Waals surface area contributed by atoms with Gasteiger partial charge in [0.15, 0.2) is 11.5 Å². The van der Waals surface area contributed by atoms with Gasteiger partial charge in [-0.1, -0.05) is 25.5 Å². The van der Waals surface area contributed by atoms with E-state index < -0.39 is 0 Å². The van der Waals surface area contributed by atoms with Gasteiger partial charge in [-0.05, 0) is 30.2 Å². The standard InChI is InChI=1S/C18H19N3O2/c1-3-4-12-5-7-13(8-6-12)21-18-14-9-16(22)17(23-2)10-15(14)19-11-20-18/h5-11,22H,3-4H2,1-2H3,(H,19,20,21). The van der Waals surface area contributed by atoms with Crippen molar-refractivity contribution in [2.75, 3.05) is 12.4 Å². The first-order valence-corrected chi connectivity index (χ1v) is 7.59. The minimum Gasteiger partial charge on any atom is -0.504 e. The van der Waals surface area contributed by atoms with Crippen molar-refractivity contribution in [1.29, 1.82) is 0 Å². The van der Waals surface area contributed by atoms with Gasteiger partial charge in [-0.2, -0.15) is 0 Å². The zero-order chi connectivity index (χ0) is 16.2. The number of phenols is 1. The van der Waals surface area contributed by atoms with Crippen LogP contribution in [0.1, 0.15) is 18.9 Å². The van der Waals surface area contributed by atoms with E-state index in [0.717, 1.165) is 23.9 Å². The number of nitrogens with zero attached hydrogens (tertiary/aromatic N) is 2. The van der Waals surface area contributed by atoms with Crippen molar-refractivity contribution in [3.8, 4) is 11.5 Å². The van der Waals surface area contributed by atoms with Crippen LogP contribution in [0, 0.1) is 0 Å². The van der Waals surface area contributed by atoms with E-state index in [2.05, 4.69) is 34.3 Å². The highest BCUT2D eigenvalue weighted by Crippen LogP contribution is 2.33. The molecule has 0 radical (unpaired) electrons. The maximum absolute atomic E-state index is 9.99. The summed E-state index contributed by atoms with van der Waals surface area (Å²) < 4.78 is 5.12. The lowest BCUT2D eigenvalue weighted by atomic mass is 10.1. The smallest absolute Gasteiger partial charge is 0.162 e. The van der Waals surface area contributed by atoms with Gasteiger partial charge in [-0.15, -0.1) is 0 Å². The fourth-order valence-electron chi connectivity index (χ4n) is 2.52. The lowest BCUT2D eigenvalue weighted by molar-refractivity contribution is 0.374. The number of benzene rings is 2. The molecule has 3 rings (SSSR count). The Morgan fingerprint density at radius 2 is 1.91 bits per heavy atom. The van der Waals surface area contributed by atoms with E-state index in [9.17, 15) is 5.11 Å². The zero-order valence-electron chi connectivity index (χ0n) is 13.2. The molecule has 0 aliphatic rings. The second-order valence-electron chi connectivity index (χ2n) is 5.34. The van der Waals surface area contributed by atoms with Gasteiger partial charge < -0.3 is 15.2 Å². The van der Waals surface area contributed by atoms with Gasteiger partial charge in [-0.3, -0.25) is 0 Å². The summed E-state index contributed by atoms with van der Waals surface area (Å²) in [6.07, 6.45) is 3.70. The van der Waals surface area contributed by atoms with Crippen molar-refractivity contribution >= 4 is 22.4 Å². The maximum atomic E-state index is 9.99. The van der Waals surface area contributed by atoms with Crippen LogP contribution < -0.4 is 10.1 Å². The topological polar surface area (TPSA) is 67.3 Å². The highest BCUT2D eigenvalue weighted by atomic mass is 16.5. The minimum atomic E-state index is 0.0659. The van der Waals surface area contributed by atoms with Crippen molar-refractivity contribution < 1.29 is 9.84 Å². The van der Waals surface area contributed by atoms with E-state index in [1.807, 2.05) is 12.1 Å². The van der Waals surface area contributed by atoms with Crippen LogP contribution in [0.2, 0.25) is 0 Å². The number of phenolic OH excluding ortho intramolecular Hbond substituents is 1. The third-order valence-corrected chi connectivity index (χ3v) is 3.69. The first-order valence-electron chi connectivity index (χ1n) is 7.59. The molecule has 0 aliphatic heterocycles. The summed E-state index contributed by atoms with van der Waals surface area (Å²) in [6, 6.07) is 11.6. The summed E-state index contributed by atoms with van der Waals surface area (Å²) in [5, 5.41) is 14.0. The Morgan fingerprint density at radius 3 is 2.61 bits per heavy atom. The molecule has 118 valence electrons. The number of rotatable bonds is 5. The number of aryl methyl sites for hydroxylation is 1. The van der Waals surface area contributed by atoms with Crippen molar-refractivity contribution in [2.45, 2.75) is 19.8 Å². The van der Waals surface area contributed by atoms with Crippen LogP contribution in [0.5, 0.6) is 11.5 Å². The van der Waals surface area contributed by atoms with Crippen LogP contribution >= 0.6 is 0 Å². The second-order valence-corrected chi connectivity index (χ2v) is 5.34. The molecule has 1 aromatic heterocycles. The molecular formula is C18H19N3O2. The number of fused-ring (bicyclic) bond motifs is 1. The van der Waals surface area contributed by atoms with Gasteiger partial charge in [0, 0.05) is 17.1 Å². The van der Waals surface area contributed by atoms with E-state index >= 15 is 0 Å². The molecule has 1 heterocycles. The Hall–Kier alpha value is -2.82. The van der Waals surface area contributed by atoms with Gasteiger partial charge in [0.05, 0.1) is 12.6 Å². The highest BCUT2D eigenvalue weighted by Gasteiger charge is 2.09. The van der Waals surface area contributed by atoms with E-state index in [-0.39, 0.29) is 5.75 Å². The molecule has 0 bridgehead atoms. The monoisotopic (exact) mass is 309 g/mol. The average Bonchev–Trinajstić information content (AvgIpc) is 2.57. The predicted molar refractivity (Wildman–Crippen MR) is 91.5 cm³/mol. The quantitative estimate of drug-likeness (QED) is 0.744. The van der Waals surface area contributed by atoms with Crippen LogP contribution in [0.25, 0.3) is 10.9 Å². The molecular weight excluding hydrogens is 290 g/mol. The molecule has 0 saturated heterocycles. The van der Waals surface area contributed by atoms with Crippen molar-refractivity contribution in [3.05, 3.63) is 48.3 Å². The van der Waals surface area contributed by atoms with Crippen molar-refractivity contribution in [1.82, 2.24) is 9.97 Å². The van der Waals surface area contributed by atoms with Crippen LogP contribution in [0.3, 0.4) is 0 Å². The number of aromatic hydroxyl groups is 1. The normalized spacial score (nSPS) is 10.7. The van der Waals surface area contributed by atoms with Gasteiger partial charge >= 0.3 is 0 Å². The molecule has 0 atom stereocenters. The first-order chi connectivity index (χ1) is 11.2. The predicted octanol–water partition coefficient (Wildman–Crippen LogP) is 4.04. The molecule has 0 amide bonds. The molecule has 3 aromatic rings. The number of hydrogen-bond acceptors (Lipinski definition) is 5. The molecule has 5 nitrogen and oxygen atoms in total. The number of aromatic nitrogens is 2. The van der Waals surface area contributed by atoms with Gasteiger partial charge in [0.25, 0.3) is 0 Å². The summed E-state index contributed by atoms with van der Waals surface area (Å²) in [7, 11) is 1.51. The van der Waals surface area contributed by atoms with Gasteiger partial charge in [0.2, 0.25) is 0 Å². The zero-order valence-corrected chi connectivity index (χ0v) is 13.2. The molecule has 0 saturated carbocycles. The largest absolute Gasteiger partial charge is 0.504 e. The second kappa shape index (κ2) is 6.52. The number of nitrogens with one attached hydrogen (secondary N) is 1. The molecule has 0 unspecified atom stereocenters. The summed E-state index contributed by atoms with van der Waals surface area (Å²) in [6.45, 7) is 2.17. The molecule has 23 heavy (non-hydrogen) atoms. The van der Waals surface area contributed by atoms with Gasteiger partial charge in [-0.25, -0.2) is 9.97 Å². The SMILES string of the molecule is CCCc1ccc(Nc2ncnc3cc(OC)c(O)cc23)cc1. The van der Waals surface area contributed by atoms with E-state index in [4.69, 9.17) is 4.74 Å². The number of anilines is 2. The summed E-state index contributed by atoms with van der Waals surface area (Å²) in [5.74, 6) is 1.11. The van der Waals surface area contributed by atoms with Crippen molar-refractivity contribution in [3.63, 3.8) is 0 Å². The third-order valence-electron chi connectivity index (χ3n) is 3.69. The first kappa shape index (κ1) is 15.1. The molecule has 2 N–H and O–H groups in total. The number of ether oxygens (including phenoxy) is 1. The Bertz CT molecular complexity index is 816. The van der Waals surface area contributed by atoms with E-state index in [1.54, 1.807) is 12.1 Å². The highest BCUT2D eigenvalue weighted by molar-refractivity contribution is 5.92. The number of hydrogen-bond donors (Lipinski definition) is 2. The molecule has 0 spiro atoms. The fourth-order valence-corrected chi connectivity index (χ4v) is 2.52. The lowest BCUT2D eigenvalue weighted by Crippen LogP contribution is -1.97. The number of methoxy groups -OCH3 is 1. The molecule has 0 aliphatic carbocycles. The average molecular weight is 309 g/mol. The molecule has 5 heteroatoms. The third kappa shape index (κ3) is 3.18. The van der Waals surface area contributed by atoms with Crippen LogP contribution in [-0.2, 0) is 6.42 Å². The maximum Gasteiger partial charge on any atom is 0.162 e. The Balaban J connectivity index is 1.94. The molecule has 0 fully saturated rings. The van der Waals surface area contributed by atoms with Crippen LogP contribution in [0.4, 0.5) is 11.5 Å². The Kier molecular flexibility index (Phi) is 4.28. The summed E-state index contributed by atoms with van der Waals surface area (Å²) in [5.41, 5.74) is 2.97. The van der Waals surface area contributed by atoms with E-state index in [0.29, 0.717) is 17.1 Å². The Morgan fingerprint density at radius 1 is 1.13 bits per heavy atom. The lowest BCUT2D eigenvalue weighted by Gasteiger charge is -2.10.